The van der Waals surface area contributed by atoms with Crippen LogP contribution in [0.2, 0.25) is 0 Å². The van der Waals surface area contributed by atoms with Crippen LogP contribution in [0.25, 0.3) is 10.9 Å². The fourth-order valence-electron chi connectivity index (χ4n) is 1.88. The van der Waals surface area contributed by atoms with Gasteiger partial charge in [0.25, 0.3) is 0 Å². The molecule has 0 amide bonds. The highest BCUT2D eigenvalue weighted by atomic mass is 19.1. The Morgan fingerprint density at radius 2 is 2.26 bits per heavy atom. The van der Waals surface area contributed by atoms with Crippen LogP contribution in [0.4, 0.5) is 10.1 Å². The van der Waals surface area contributed by atoms with Gasteiger partial charge in [0.05, 0.1) is 23.9 Å². The zero-order chi connectivity index (χ0) is 13.8. The van der Waals surface area contributed by atoms with Crippen LogP contribution in [0.15, 0.2) is 18.3 Å². The molecule has 98 valence electrons. The highest BCUT2D eigenvalue weighted by Crippen LogP contribution is 2.30. The fraction of sp³-hybridized carbons (Fsp3) is 0.286. The summed E-state index contributed by atoms with van der Waals surface area (Å²) in [5.41, 5.74) is 1.61. The van der Waals surface area contributed by atoms with E-state index in [-0.39, 0.29) is 5.75 Å². The smallest absolute Gasteiger partial charge is 0.167 e. The number of fused-ring (bicyclic) bond motifs is 1. The molecule has 0 atom stereocenters. The zero-order valence-electron chi connectivity index (χ0n) is 10.8. The third-order valence-corrected chi connectivity index (χ3v) is 2.81. The van der Waals surface area contributed by atoms with Gasteiger partial charge in [-0.2, -0.15) is 5.26 Å². The van der Waals surface area contributed by atoms with Gasteiger partial charge >= 0.3 is 0 Å². The number of anilines is 1. The second kappa shape index (κ2) is 5.53. The Morgan fingerprint density at radius 1 is 1.47 bits per heavy atom. The van der Waals surface area contributed by atoms with Gasteiger partial charge in [-0.1, -0.05) is 6.92 Å². The molecule has 0 saturated carbocycles. The van der Waals surface area contributed by atoms with Crippen molar-refractivity contribution < 1.29 is 9.13 Å². The van der Waals surface area contributed by atoms with Crippen LogP contribution < -0.4 is 10.1 Å². The highest BCUT2D eigenvalue weighted by molar-refractivity contribution is 5.94. The minimum absolute atomic E-state index is 0.143. The number of nitrogens with zero attached hydrogens (tertiary/aromatic N) is 2. The van der Waals surface area contributed by atoms with Crippen molar-refractivity contribution in [3.63, 3.8) is 0 Å². The molecule has 0 spiro atoms. The lowest BCUT2D eigenvalue weighted by Gasteiger charge is -2.12. The minimum atomic E-state index is -0.464. The molecule has 19 heavy (non-hydrogen) atoms. The average Bonchev–Trinajstić information content (AvgIpc) is 2.43. The Bertz CT molecular complexity index is 649. The Morgan fingerprint density at radius 3 is 2.89 bits per heavy atom. The van der Waals surface area contributed by atoms with E-state index in [0.29, 0.717) is 22.2 Å². The average molecular weight is 259 g/mol. The molecule has 2 aromatic rings. The molecule has 0 aliphatic heterocycles. The summed E-state index contributed by atoms with van der Waals surface area (Å²) >= 11 is 0. The zero-order valence-corrected chi connectivity index (χ0v) is 10.8. The van der Waals surface area contributed by atoms with E-state index < -0.39 is 5.82 Å². The molecule has 0 unspecified atom stereocenters. The molecule has 0 aliphatic carbocycles. The van der Waals surface area contributed by atoms with Crippen LogP contribution in [-0.4, -0.2) is 18.6 Å². The molecular weight excluding hydrogens is 245 g/mol. The van der Waals surface area contributed by atoms with E-state index in [2.05, 4.69) is 16.4 Å². The van der Waals surface area contributed by atoms with Gasteiger partial charge in [0, 0.05) is 24.2 Å². The van der Waals surface area contributed by atoms with Crippen molar-refractivity contribution in [3.8, 4) is 11.8 Å². The molecular formula is C14H14FN3O. The minimum Gasteiger partial charge on any atom is -0.494 e. The number of pyridine rings is 1. The standard InChI is InChI=1S/C14H14FN3O/c1-3-4-17-14-9(7-16)8-18-12-6-11(15)13(19-2)5-10(12)14/h5-6,8H,3-4H2,1-2H3,(H,17,18). The molecule has 1 heterocycles. The van der Waals surface area contributed by atoms with Crippen molar-refractivity contribution in [2.24, 2.45) is 0 Å². The van der Waals surface area contributed by atoms with Crippen LogP contribution >= 0.6 is 0 Å². The van der Waals surface area contributed by atoms with Gasteiger partial charge in [-0.05, 0) is 12.5 Å². The number of rotatable bonds is 4. The van der Waals surface area contributed by atoms with Gasteiger partial charge in [0.2, 0.25) is 0 Å². The first-order valence-electron chi connectivity index (χ1n) is 6.01. The quantitative estimate of drug-likeness (QED) is 0.916. The second-order valence-electron chi connectivity index (χ2n) is 4.09. The van der Waals surface area contributed by atoms with Crippen molar-refractivity contribution in [2.45, 2.75) is 13.3 Å². The summed E-state index contributed by atoms with van der Waals surface area (Å²) in [6.45, 7) is 2.76. The molecule has 0 aliphatic rings. The van der Waals surface area contributed by atoms with Crippen molar-refractivity contribution in [2.75, 3.05) is 19.0 Å². The Balaban J connectivity index is 2.68. The first kappa shape index (κ1) is 13.1. The van der Waals surface area contributed by atoms with Gasteiger partial charge in [0.15, 0.2) is 11.6 Å². The molecule has 0 saturated heterocycles. The van der Waals surface area contributed by atoms with E-state index in [1.54, 1.807) is 6.07 Å². The maximum Gasteiger partial charge on any atom is 0.167 e. The molecule has 0 fully saturated rings. The third kappa shape index (κ3) is 2.43. The lowest BCUT2D eigenvalue weighted by molar-refractivity contribution is 0.387. The van der Waals surface area contributed by atoms with Crippen LogP contribution in [0.5, 0.6) is 5.75 Å². The normalized spacial score (nSPS) is 10.2. The molecule has 0 bridgehead atoms. The number of hydrogen-bond donors (Lipinski definition) is 1. The summed E-state index contributed by atoms with van der Waals surface area (Å²) in [7, 11) is 1.41. The molecule has 4 nitrogen and oxygen atoms in total. The van der Waals surface area contributed by atoms with E-state index in [1.807, 2.05) is 6.92 Å². The summed E-state index contributed by atoms with van der Waals surface area (Å²) in [6, 6.07) is 4.97. The van der Waals surface area contributed by atoms with Gasteiger partial charge in [-0.25, -0.2) is 4.39 Å². The molecule has 1 aromatic carbocycles. The topological polar surface area (TPSA) is 57.9 Å². The lowest BCUT2D eigenvalue weighted by Crippen LogP contribution is -2.04. The van der Waals surface area contributed by atoms with Gasteiger partial charge in [-0.15, -0.1) is 0 Å². The monoisotopic (exact) mass is 259 g/mol. The van der Waals surface area contributed by atoms with E-state index in [9.17, 15) is 4.39 Å². The van der Waals surface area contributed by atoms with Crippen LogP contribution in [-0.2, 0) is 0 Å². The van der Waals surface area contributed by atoms with Gasteiger partial charge < -0.3 is 10.1 Å². The second-order valence-corrected chi connectivity index (χ2v) is 4.09. The van der Waals surface area contributed by atoms with E-state index in [4.69, 9.17) is 10.00 Å². The summed E-state index contributed by atoms with van der Waals surface area (Å²) in [5.74, 6) is -0.322. The summed E-state index contributed by atoms with van der Waals surface area (Å²) in [5, 5.41) is 13.0. The van der Waals surface area contributed by atoms with Crippen molar-refractivity contribution >= 4 is 16.6 Å². The predicted octanol–water partition coefficient (Wildman–Crippen LogP) is 3.08. The fourth-order valence-corrected chi connectivity index (χ4v) is 1.88. The molecule has 1 aromatic heterocycles. The predicted molar refractivity (Wildman–Crippen MR) is 71.7 cm³/mol. The van der Waals surface area contributed by atoms with Crippen molar-refractivity contribution in [1.29, 1.82) is 5.26 Å². The SMILES string of the molecule is CCCNc1c(C#N)cnc2cc(F)c(OC)cc12. The Hall–Kier alpha value is -2.35. The summed E-state index contributed by atoms with van der Waals surface area (Å²) < 4.78 is 18.6. The van der Waals surface area contributed by atoms with Gasteiger partial charge in [0.1, 0.15) is 6.07 Å². The molecule has 5 heteroatoms. The summed E-state index contributed by atoms with van der Waals surface area (Å²) in [4.78, 5) is 4.10. The van der Waals surface area contributed by atoms with Crippen molar-refractivity contribution in [1.82, 2.24) is 4.98 Å². The first-order chi connectivity index (χ1) is 9.21. The number of nitrogens with one attached hydrogen (secondary N) is 1. The maximum absolute atomic E-state index is 13.6. The van der Waals surface area contributed by atoms with Crippen LogP contribution in [0.1, 0.15) is 18.9 Å². The number of ether oxygens (including phenoxy) is 1. The number of benzene rings is 1. The molecule has 1 N–H and O–H groups in total. The lowest BCUT2D eigenvalue weighted by atomic mass is 10.1. The number of aromatic nitrogens is 1. The van der Waals surface area contributed by atoms with Gasteiger partial charge in [-0.3, -0.25) is 4.98 Å². The summed E-state index contributed by atoms with van der Waals surface area (Å²) in [6.07, 6.45) is 2.37. The van der Waals surface area contributed by atoms with Crippen LogP contribution in [0, 0.1) is 17.1 Å². The maximum atomic E-state index is 13.6. The van der Waals surface area contributed by atoms with E-state index >= 15 is 0 Å². The highest BCUT2D eigenvalue weighted by Gasteiger charge is 2.12. The largest absolute Gasteiger partial charge is 0.494 e. The molecule has 2 rings (SSSR count). The number of nitriles is 1. The van der Waals surface area contributed by atoms with E-state index in [1.165, 1.54) is 19.4 Å². The Kier molecular flexibility index (Phi) is 3.81. The third-order valence-electron chi connectivity index (χ3n) is 2.81. The Labute approximate surface area is 110 Å². The van der Waals surface area contributed by atoms with Crippen molar-refractivity contribution in [3.05, 3.63) is 29.7 Å². The van der Waals surface area contributed by atoms with Crippen LogP contribution in [0.3, 0.4) is 0 Å². The number of halogens is 1. The first-order valence-corrected chi connectivity index (χ1v) is 6.01. The molecule has 0 radical (unpaired) electrons. The number of hydrogen-bond acceptors (Lipinski definition) is 4. The van der Waals surface area contributed by atoms with E-state index in [0.717, 1.165) is 13.0 Å². The number of methoxy groups -OCH3 is 1.